The van der Waals surface area contributed by atoms with Gasteiger partial charge in [-0.2, -0.15) is 0 Å². The number of nitrogen functional groups attached to an aromatic ring is 1. The van der Waals surface area contributed by atoms with Crippen LogP contribution in [0.25, 0.3) is 0 Å². The Morgan fingerprint density at radius 1 is 1.33 bits per heavy atom. The minimum absolute atomic E-state index is 0.198. The molecular weight excluding hydrogens is 266 g/mol. The third-order valence-corrected chi connectivity index (χ3v) is 4.13. The summed E-state index contributed by atoms with van der Waals surface area (Å²) in [6.07, 6.45) is 6.00. The highest BCUT2D eigenvalue weighted by Gasteiger charge is 2.23. The third kappa shape index (κ3) is 4.13. The summed E-state index contributed by atoms with van der Waals surface area (Å²) in [5, 5.41) is 0. The molecule has 0 heterocycles. The lowest BCUT2D eigenvalue weighted by Gasteiger charge is -2.29. The summed E-state index contributed by atoms with van der Waals surface area (Å²) in [7, 11) is 0. The number of benzene rings is 1. The van der Waals surface area contributed by atoms with Gasteiger partial charge in [0, 0.05) is 0 Å². The Balaban J connectivity index is 2.08. The lowest BCUT2D eigenvalue weighted by atomic mass is 9.85. The summed E-state index contributed by atoms with van der Waals surface area (Å²) in [5.74, 6) is 0.998. The van der Waals surface area contributed by atoms with Gasteiger partial charge in [-0.05, 0) is 50.3 Å². The molecule has 1 saturated carbocycles. The summed E-state index contributed by atoms with van der Waals surface area (Å²) in [6.45, 7) is 4.38. The van der Waals surface area contributed by atoms with Gasteiger partial charge in [-0.1, -0.05) is 19.8 Å². The molecule has 1 fully saturated rings. The van der Waals surface area contributed by atoms with Crippen molar-refractivity contribution in [1.82, 2.24) is 0 Å². The van der Waals surface area contributed by atoms with E-state index < -0.39 is 0 Å². The molecule has 2 atom stereocenters. The van der Waals surface area contributed by atoms with Gasteiger partial charge in [-0.3, -0.25) is 0 Å². The van der Waals surface area contributed by atoms with Gasteiger partial charge >= 0.3 is 5.97 Å². The highest BCUT2D eigenvalue weighted by Crippen LogP contribution is 2.32. The topological polar surface area (TPSA) is 61.5 Å². The average molecular weight is 291 g/mol. The zero-order valence-electron chi connectivity index (χ0n) is 12.9. The number of ether oxygens (including phenoxy) is 2. The van der Waals surface area contributed by atoms with Crippen molar-refractivity contribution >= 4 is 11.7 Å². The molecule has 2 rings (SSSR count). The molecule has 116 valence electrons. The van der Waals surface area contributed by atoms with Crippen molar-refractivity contribution in [3.63, 3.8) is 0 Å². The van der Waals surface area contributed by atoms with Gasteiger partial charge in [0.05, 0.1) is 24.0 Å². The van der Waals surface area contributed by atoms with Gasteiger partial charge in [0.25, 0.3) is 0 Å². The highest BCUT2D eigenvalue weighted by atomic mass is 16.5. The quantitative estimate of drug-likeness (QED) is 0.662. The van der Waals surface area contributed by atoms with E-state index in [0.717, 1.165) is 18.8 Å². The van der Waals surface area contributed by atoms with Gasteiger partial charge < -0.3 is 15.2 Å². The first-order valence-corrected chi connectivity index (χ1v) is 7.87. The van der Waals surface area contributed by atoms with E-state index in [2.05, 4.69) is 6.92 Å². The lowest BCUT2D eigenvalue weighted by molar-refractivity contribution is 0.0525. The van der Waals surface area contributed by atoms with E-state index in [4.69, 9.17) is 15.2 Å². The maximum atomic E-state index is 11.8. The molecule has 0 aliphatic heterocycles. The van der Waals surface area contributed by atoms with E-state index in [1.807, 2.05) is 0 Å². The average Bonchev–Trinajstić information content (AvgIpc) is 2.50. The lowest BCUT2D eigenvalue weighted by Crippen LogP contribution is -2.25. The summed E-state index contributed by atoms with van der Waals surface area (Å²) >= 11 is 0. The van der Waals surface area contributed by atoms with Gasteiger partial charge in [-0.15, -0.1) is 0 Å². The maximum Gasteiger partial charge on any atom is 0.338 e. The summed E-state index contributed by atoms with van der Waals surface area (Å²) in [6, 6.07) is 5.08. The Kier molecular flexibility index (Phi) is 5.48. The highest BCUT2D eigenvalue weighted by molar-refractivity contribution is 5.90. The van der Waals surface area contributed by atoms with Crippen molar-refractivity contribution in [3.05, 3.63) is 23.8 Å². The minimum atomic E-state index is -0.336. The molecule has 1 aliphatic carbocycles. The second kappa shape index (κ2) is 7.34. The van der Waals surface area contributed by atoms with Crippen LogP contribution < -0.4 is 10.5 Å². The zero-order chi connectivity index (χ0) is 15.2. The Morgan fingerprint density at radius 2 is 2.14 bits per heavy atom. The van der Waals surface area contributed by atoms with Crippen molar-refractivity contribution in [2.75, 3.05) is 12.3 Å². The van der Waals surface area contributed by atoms with Gasteiger partial charge in [0.2, 0.25) is 0 Å². The fourth-order valence-electron chi connectivity index (χ4n) is 2.88. The van der Waals surface area contributed by atoms with Crippen LogP contribution in [0.4, 0.5) is 5.69 Å². The second-order valence-corrected chi connectivity index (χ2v) is 5.65. The van der Waals surface area contributed by atoms with E-state index in [9.17, 15) is 4.79 Å². The first-order valence-electron chi connectivity index (χ1n) is 7.87. The number of esters is 1. The monoisotopic (exact) mass is 291 g/mol. The van der Waals surface area contributed by atoms with E-state index >= 15 is 0 Å². The van der Waals surface area contributed by atoms with Crippen LogP contribution in [0, 0.1) is 5.92 Å². The molecule has 0 saturated heterocycles. The molecule has 0 spiro atoms. The minimum Gasteiger partial charge on any atom is -0.488 e. The second-order valence-electron chi connectivity index (χ2n) is 5.65. The molecule has 0 aromatic heterocycles. The van der Waals surface area contributed by atoms with Crippen molar-refractivity contribution in [3.8, 4) is 5.75 Å². The van der Waals surface area contributed by atoms with Crippen molar-refractivity contribution < 1.29 is 14.3 Å². The Hall–Kier alpha value is -1.71. The first-order chi connectivity index (χ1) is 10.1. The smallest absolute Gasteiger partial charge is 0.338 e. The van der Waals surface area contributed by atoms with Gasteiger partial charge in [-0.25, -0.2) is 4.79 Å². The fourth-order valence-corrected chi connectivity index (χ4v) is 2.88. The molecule has 1 aromatic rings. The number of nitrogens with two attached hydrogens (primary N) is 1. The summed E-state index contributed by atoms with van der Waals surface area (Å²) in [4.78, 5) is 11.8. The predicted octanol–water partition coefficient (Wildman–Crippen LogP) is 3.79. The van der Waals surface area contributed by atoms with Crippen LogP contribution in [-0.2, 0) is 4.74 Å². The number of carbonyl (C=O) groups is 1. The third-order valence-electron chi connectivity index (χ3n) is 4.13. The Bertz CT molecular complexity index is 487. The maximum absolute atomic E-state index is 11.8. The number of carbonyl (C=O) groups excluding carboxylic acids is 1. The van der Waals surface area contributed by atoms with E-state index in [1.165, 1.54) is 19.3 Å². The first kappa shape index (κ1) is 15.7. The molecule has 2 N–H and O–H groups in total. The van der Waals surface area contributed by atoms with Crippen molar-refractivity contribution in [1.29, 1.82) is 0 Å². The molecule has 4 heteroatoms. The van der Waals surface area contributed by atoms with Crippen LogP contribution in [0.15, 0.2) is 18.2 Å². The number of hydrogen-bond donors (Lipinski definition) is 1. The van der Waals surface area contributed by atoms with E-state index in [1.54, 1.807) is 25.1 Å². The molecule has 2 unspecified atom stereocenters. The Labute approximate surface area is 126 Å². The van der Waals surface area contributed by atoms with Gasteiger partial charge in [0.1, 0.15) is 5.75 Å². The summed E-state index contributed by atoms with van der Waals surface area (Å²) in [5.41, 5.74) is 7.03. The molecule has 1 aliphatic rings. The normalized spacial score (nSPS) is 21.8. The Morgan fingerprint density at radius 3 is 2.86 bits per heavy atom. The van der Waals surface area contributed by atoms with Crippen LogP contribution in [-0.4, -0.2) is 18.7 Å². The fraction of sp³-hybridized carbons (Fsp3) is 0.588. The van der Waals surface area contributed by atoms with Crippen molar-refractivity contribution in [2.45, 2.75) is 52.1 Å². The standard InChI is InChI=1S/C17H25NO3/c1-3-12-6-5-7-14(10-12)21-16-11-13(8-9-15(16)18)17(19)20-4-2/h8-9,11-12,14H,3-7,10,18H2,1-2H3. The molecule has 0 amide bonds. The zero-order valence-corrected chi connectivity index (χ0v) is 12.9. The predicted molar refractivity (Wildman–Crippen MR) is 83.5 cm³/mol. The molecule has 0 radical (unpaired) electrons. The molecule has 0 bridgehead atoms. The van der Waals surface area contributed by atoms with E-state index in [0.29, 0.717) is 23.6 Å². The summed E-state index contributed by atoms with van der Waals surface area (Å²) < 4.78 is 11.1. The SMILES string of the molecule is CCOC(=O)c1ccc(N)c(OC2CCCC(CC)C2)c1. The van der Waals surface area contributed by atoms with Gasteiger partial charge in [0.15, 0.2) is 0 Å². The molecule has 21 heavy (non-hydrogen) atoms. The van der Waals surface area contributed by atoms with Crippen molar-refractivity contribution in [2.24, 2.45) is 5.92 Å². The molecule has 4 nitrogen and oxygen atoms in total. The van der Waals surface area contributed by atoms with Crippen LogP contribution in [0.5, 0.6) is 5.75 Å². The van der Waals surface area contributed by atoms with Crippen LogP contribution in [0.2, 0.25) is 0 Å². The van der Waals surface area contributed by atoms with E-state index in [-0.39, 0.29) is 12.1 Å². The molecule has 1 aromatic carbocycles. The van der Waals surface area contributed by atoms with Crippen LogP contribution >= 0.6 is 0 Å². The largest absolute Gasteiger partial charge is 0.488 e. The van der Waals surface area contributed by atoms with Crippen LogP contribution in [0.3, 0.4) is 0 Å². The molecular formula is C17H25NO3. The number of rotatable bonds is 5. The number of anilines is 1. The van der Waals surface area contributed by atoms with Crippen LogP contribution in [0.1, 0.15) is 56.3 Å². The number of hydrogen-bond acceptors (Lipinski definition) is 4.